The van der Waals surface area contributed by atoms with Crippen LogP contribution in [0.3, 0.4) is 0 Å². The molecule has 6 nitrogen and oxygen atoms in total. The first-order chi connectivity index (χ1) is 12.6. The van der Waals surface area contributed by atoms with Gasteiger partial charge in [0.1, 0.15) is 18.5 Å². The van der Waals surface area contributed by atoms with E-state index in [2.05, 4.69) is 5.32 Å². The Balaban J connectivity index is 1.37. The molecule has 0 spiro atoms. The van der Waals surface area contributed by atoms with Gasteiger partial charge in [0.15, 0.2) is 18.1 Å². The normalized spacial score (nSPS) is 15.2. The minimum absolute atomic E-state index is 0.0958. The summed E-state index contributed by atoms with van der Waals surface area (Å²) < 4.78 is 29.2. The minimum atomic E-state index is -0.600. The number of hydrogen-bond acceptors (Lipinski definition) is 5. The van der Waals surface area contributed by atoms with Gasteiger partial charge in [-0.05, 0) is 29.8 Å². The molecule has 1 N–H and O–H groups in total. The highest BCUT2D eigenvalue weighted by Gasteiger charge is 2.21. The first kappa shape index (κ1) is 17.7. The number of esters is 1. The fourth-order valence-corrected chi connectivity index (χ4v) is 2.45. The average molecular weight is 359 g/mol. The van der Waals surface area contributed by atoms with Gasteiger partial charge in [0.25, 0.3) is 5.91 Å². The highest BCUT2D eigenvalue weighted by atomic mass is 19.1. The third-order valence-corrected chi connectivity index (χ3v) is 3.70. The molecule has 0 bridgehead atoms. The lowest BCUT2D eigenvalue weighted by molar-refractivity contribution is -0.148. The zero-order valence-corrected chi connectivity index (χ0v) is 13.9. The largest absolute Gasteiger partial charge is 0.486 e. The van der Waals surface area contributed by atoms with Crippen LogP contribution in [0.1, 0.15) is 5.56 Å². The summed E-state index contributed by atoms with van der Waals surface area (Å²) in [5, 5.41) is 2.63. The van der Waals surface area contributed by atoms with Crippen LogP contribution in [0.25, 0.3) is 0 Å². The van der Waals surface area contributed by atoms with E-state index in [0.717, 1.165) is 0 Å². The van der Waals surface area contributed by atoms with Gasteiger partial charge in [0.05, 0.1) is 13.0 Å². The zero-order chi connectivity index (χ0) is 18.4. The van der Waals surface area contributed by atoms with Crippen molar-refractivity contribution in [2.75, 3.05) is 19.8 Å². The summed E-state index contributed by atoms with van der Waals surface area (Å²) in [6, 6.07) is 12.9. The predicted molar refractivity (Wildman–Crippen MR) is 90.4 cm³/mol. The molecule has 0 saturated heterocycles. The van der Waals surface area contributed by atoms with Crippen LogP contribution in [0, 0.1) is 5.82 Å². The van der Waals surface area contributed by atoms with Crippen molar-refractivity contribution in [2.24, 2.45) is 0 Å². The molecule has 0 aromatic heterocycles. The molecule has 26 heavy (non-hydrogen) atoms. The molecule has 136 valence electrons. The van der Waals surface area contributed by atoms with Crippen LogP contribution in [0.4, 0.5) is 4.39 Å². The van der Waals surface area contributed by atoms with Gasteiger partial charge in [-0.3, -0.25) is 9.59 Å². The molecule has 1 aliphatic heterocycles. The van der Waals surface area contributed by atoms with Crippen LogP contribution in [0.2, 0.25) is 0 Å². The molecule has 0 aliphatic carbocycles. The third-order valence-electron chi connectivity index (χ3n) is 3.70. The predicted octanol–water partition coefficient (Wildman–Crippen LogP) is 1.87. The van der Waals surface area contributed by atoms with Crippen molar-refractivity contribution >= 4 is 11.9 Å². The number of hydrogen-bond donors (Lipinski definition) is 1. The highest BCUT2D eigenvalue weighted by molar-refractivity contribution is 5.81. The summed E-state index contributed by atoms with van der Waals surface area (Å²) in [5.74, 6) is -0.179. The van der Waals surface area contributed by atoms with Crippen LogP contribution in [-0.2, 0) is 20.7 Å². The van der Waals surface area contributed by atoms with E-state index in [0.29, 0.717) is 23.7 Å². The van der Waals surface area contributed by atoms with Gasteiger partial charge >= 0.3 is 5.97 Å². The Morgan fingerprint density at radius 3 is 2.77 bits per heavy atom. The summed E-state index contributed by atoms with van der Waals surface area (Å²) >= 11 is 0. The minimum Gasteiger partial charge on any atom is -0.486 e. The number of carbonyl (C=O) groups excluding carboxylic acids is 2. The average Bonchev–Trinajstić information content (AvgIpc) is 2.64. The van der Waals surface area contributed by atoms with E-state index in [1.54, 1.807) is 12.1 Å². The maximum Gasteiger partial charge on any atom is 0.310 e. The summed E-state index contributed by atoms with van der Waals surface area (Å²) in [4.78, 5) is 23.5. The first-order valence-corrected chi connectivity index (χ1v) is 8.15. The van der Waals surface area contributed by atoms with E-state index in [-0.39, 0.29) is 19.1 Å². The Morgan fingerprint density at radius 2 is 1.96 bits per heavy atom. The number of ether oxygens (including phenoxy) is 3. The number of benzene rings is 2. The van der Waals surface area contributed by atoms with Gasteiger partial charge < -0.3 is 19.5 Å². The fraction of sp³-hybridized carbons (Fsp3) is 0.263. The molecule has 0 fully saturated rings. The second-order valence-electron chi connectivity index (χ2n) is 5.77. The lowest BCUT2D eigenvalue weighted by Gasteiger charge is -2.26. The van der Waals surface area contributed by atoms with Crippen molar-refractivity contribution < 1.29 is 28.2 Å². The Kier molecular flexibility index (Phi) is 5.68. The van der Waals surface area contributed by atoms with Gasteiger partial charge in [-0.25, -0.2) is 4.39 Å². The quantitative estimate of drug-likeness (QED) is 0.797. The molecule has 1 unspecified atom stereocenters. The number of amides is 1. The van der Waals surface area contributed by atoms with Crippen molar-refractivity contribution in [1.82, 2.24) is 5.32 Å². The van der Waals surface area contributed by atoms with E-state index in [1.807, 2.05) is 18.2 Å². The van der Waals surface area contributed by atoms with Crippen LogP contribution in [0.5, 0.6) is 11.5 Å². The third kappa shape index (κ3) is 4.95. The number of nitrogens with one attached hydrogen (secondary N) is 1. The molecule has 0 radical (unpaired) electrons. The summed E-state index contributed by atoms with van der Waals surface area (Å²) in [5.41, 5.74) is 0.488. The second kappa shape index (κ2) is 8.33. The number of rotatable bonds is 6. The SMILES string of the molecule is O=C(COC(=O)Cc1cccc(F)c1)NCC1COc2ccccc2O1. The van der Waals surface area contributed by atoms with Crippen molar-refractivity contribution in [2.45, 2.75) is 12.5 Å². The monoisotopic (exact) mass is 359 g/mol. The standard InChI is InChI=1S/C19H18FNO5/c20-14-5-3-4-13(8-14)9-19(23)25-12-18(22)21-10-15-11-24-16-6-1-2-7-17(16)26-15/h1-8,15H,9-12H2,(H,21,22). The van der Waals surface area contributed by atoms with Gasteiger partial charge in [0, 0.05) is 0 Å². The number of halogens is 1. The molecule has 1 heterocycles. The molecule has 1 atom stereocenters. The van der Waals surface area contributed by atoms with Gasteiger partial charge in [-0.15, -0.1) is 0 Å². The highest BCUT2D eigenvalue weighted by Crippen LogP contribution is 2.30. The van der Waals surface area contributed by atoms with E-state index < -0.39 is 24.3 Å². The van der Waals surface area contributed by atoms with Gasteiger partial charge in [0.2, 0.25) is 0 Å². The topological polar surface area (TPSA) is 73.9 Å². The van der Waals surface area contributed by atoms with E-state index in [1.165, 1.54) is 18.2 Å². The molecule has 7 heteroatoms. The van der Waals surface area contributed by atoms with Crippen LogP contribution in [-0.4, -0.2) is 37.7 Å². The summed E-state index contributed by atoms with van der Waals surface area (Å²) in [6.07, 6.45) is -0.418. The van der Waals surface area contributed by atoms with Crippen molar-refractivity contribution in [3.05, 3.63) is 59.9 Å². The Labute approximate surface area is 149 Å². The fourth-order valence-electron chi connectivity index (χ4n) is 2.45. The molecule has 3 rings (SSSR count). The molecule has 1 amide bonds. The summed E-state index contributed by atoms with van der Waals surface area (Å²) in [7, 11) is 0. The lowest BCUT2D eigenvalue weighted by atomic mass is 10.1. The van der Waals surface area contributed by atoms with Crippen molar-refractivity contribution in [3.63, 3.8) is 0 Å². The van der Waals surface area contributed by atoms with E-state index in [9.17, 15) is 14.0 Å². The molecule has 2 aromatic rings. The van der Waals surface area contributed by atoms with Crippen LogP contribution >= 0.6 is 0 Å². The number of carbonyl (C=O) groups is 2. The van der Waals surface area contributed by atoms with Gasteiger partial charge in [-0.2, -0.15) is 0 Å². The zero-order valence-electron chi connectivity index (χ0n) is 13.9. The molecule has 2 aromatic carbocycles. The van der Waals surface area contributed by atoms with Crippen LogP contribution < -0.4 is 14.8 Å². The number of para-hydroxylation sites is 2. The van der Waals surface area contributed by atoms with E-state index >= 15 is 0 Å². The molecule has 1 aliphatic rings. The van der Waals surface area contributed by atoms with Crippen molar-refractivity contribution in [3.8, 4) is 11.5 Å². The Bertz CT molecular complexity index is 795. The Morgan fingerprint density at radius 1 is 1.15 bits per heavy atom. The second-order valence-corrected chi connectivity index (χ2v) is 5.77. The lowest BCUT2D eigenvalue weighted by Crippen LogP contribution is -2.42. The Hall–Kier alpha value is -3.09. The van der Waals surface area contributed by atoms with Gasteiger partial charge in [-0.1, -0.05) is 24.3 Å². The molecule has 0 saturated carbocycles. The number of fused-ring (bicyclic) bond motifs is 1. The maximum atomic E-state index is 13.1. The summed E-state index contributed by atoms with van der Waals surface area (Å²) in [6.45, 7) is 0.142. The van der Waals surface area contributed by atoms with E-state index in [4.69, 9.17) is 14.2 Å². The molecular weight excluding hydrogens is 341 g/mol. The first-order valence-electron chi connectivity index (χ1n) is 8.15. The smallest absolute Gasteiger partial charge is 0.310 e. The van der Waals surface area contributed by atoms with Crippen molar-refractivity contribution in [1.29, 1.82) is 0 Å². The maximum absolute atomic E-state index is 13.1. The molecular formula is C19H18FNO5. The van der Waals surface area contributed by atoms with Crippen LogP contribution in [0.15, 0.2) is 48.5 Å².